The number of nitrogens with zero attached hydrogens (tertiary/aromatic N) is 2. The van der Waals surface area contributed by atoms with E-state index in [1.165, 1.54) is 16.9 Å². The highest BCUT2D eigenvalue weighted by Gasteiger charge is 2.26. The van der Waals surface area contributed by atoms with Gasteiger partial charge in [-0.25, -0.2) is 4.98 Å². The molecule has 0 saturated heterocycles. The zero-order valence-corrected chi connectivity index (χ0v) is 16.4. The van der Waals surface area contributed by atoms with Gasteiger partial charge in [0, 0.05) is 10.1 Å². The number of hydrogen-bond donors (Lipinski definition) is 0. The van der Waals surface area contributed by atoms with Crippen molar-refractivity contribution in [3.8, 4) is 5.69 Å². The highest BCUT2D eigenvalue weighted by Crippen LogP contribution is 2.41. The van der Waals surface area contributed by atoms with Gasteiger partial charge in [0.15, 0.2) is 5.16 Å². The van der Waals surface area contributed by atoms with E-state index in [0.29, 0.717) is 11.2 Å². The summed E-state index contributed by atoms with van der Waals surface area (Å²) in [5, 5.41) is 2.02. The molecule has 1 aliphatic rings. The molecule has 130 valence electrons. The largest absolute Gasteiger partial charge is 0.268 e. The van der Waals surface area contributed by atoms with Crippen LogP contribution in [0.2, 0.25) is 0 Å². The van der Waals surface area contributed by atoms with Crippen molar-refractivity contribution in [1.29, 1.82) is 0 Å². The van der Waals surface area contributed by atoms with E-state index in [9.17, 15) is 4.79 Å². The summed E-state index contributed by atoms with van der Waals surface area (Å²) in [6, 6.07) is 9.90. The topological polar surface area (TPSA) is 34.9 Å². The predicted octanol–water partition coefficient (Wildman–Crippen LogP) is 5.39. The van der Waals surface area contributed by atoms with Gasteiger partial charge in [0.05, 0.1) is 11.1 Å². The maximum atomic E-state index is 13.5. The van der Waals surface area contributed by atoms with E-state index in [4.69, 9.17) is 4.98 Å². The second-order valence-electron chi connectivity index (χ2n) is 6.95. The summed E-state index contributed by atoms with van der Waals surface area (Å²) in [5.41, 5.74) is 2.24. The molecule has 0 saturated carbocycles. The minimum absolute atomic E-state index is 0.0885. The molecule has 3 aromatic rings. The van der Waals surface area contributed by atoms with Crippen LogP contribution in [-0.2, 0) is 6.42 Å². The Balaban J connectivity index is 2.05. The molecule has 1 atom stereocenters. The van der Waals surface area contributed by atoms with Crippen LogP contribution in [0.5, 0.6) is 0 Å². The lowest BCUT2D eigenvalue weighted by atomic mass is 9.88. The molecule has 0 bridgehead atoms. The number of thiophene rings is 1. The quantitative estimate of drug-likeness (QED) is 0.458. The minimum atomic E-state index is 0.0885. The van der Waals surface area contributed by atoms with Crippen LogP contribution < -0.4 is 5.56 Å². The van der Waals surface area contributed by atoms with Gasteiger partial charge in [-0.05, 0) is 42.9 Å². The second-order valence-corrected chi connectivity index (χ2v) is 9.58. The Bertz CT molecular complexity index is 973. The maximum absolute atomic E-state index is 13.5. The van der Waals surface area contributed by atoms with E-state index in [1.807, 2.05) is 30.3 Å². The number of hydrogen-bond acceptors (Lipinski definition) is 4. The van der Waals surface area contributed by atoms with E-state index in [0.717, 1.165) is 33.9 Å². The smallest absolute Gasteiger partial charge is 0.267 e. The number of thioether (sulfide) groups is 1. The summed E-state index contributed by atoms with van der Waals surface area (Å²) >= 11 is 3.38. The van der Waals surface area contributed by atoms with E-state index < -0.39 is 0 Å². The van der Waals surface area contributed by atoms with Gasteiger partial charge in [0.2, 0.25) is 0 Å². The number of aromatic nitrogens is 2. The van der Waals surface area contributed by atoms with Gasteiger partial charge in [-0.15, -0.1) is 11.3 Å². The van der Waals surface area contributed by atoms with Crippen LogP contribution in [0.25, 0.3) is 15.9 Å². The summed E-state index contributed by atoms with van der Waals surface area (Å²) in [4.78, 5) is 20.7. The normalized spacial score (nSPS) is 17.2. The Kier molecular flexibility index (Phi) is 4.46. The predicted molar refractivity (Wildman–Crippen MR) is 108 cm³/mol. The monoisotopic (exact) mass is 370 g/mol. The van der Waals surface area contributed by atoms with Crippen molar-refractivity contribution in [2.75, 3.05) is 0 Å². The van der Waals surface area contributed by atoms with Crippen LogP contribution in [0.1, 0.15) is 50.0 Å². The molecule has 2 aromatic heterocycles. The first kappa shape index (κ1) is 16.9. The van der Waals surface area contributed by atoms with Crippen LogP contribution in [0, 0.1) is 0 Å². The third-order valence-electron chi connectivity index (χ3n) is 4.70. The number of aryl methyl sites for hydroxylation is 1. The van der Waals surface area contributed by atoms with Crippen molar-refractivity contribution in [1.82, 2.24) is 9.55 Å². The number of fused-ring (bicyclic) bond motifs is 3. The number of benzene rings is 1. The highest BCUT2D eigenvalue weighted by atomic mass is 32.2. The van der Waals surface area contributed by atoms with Gasteiger partial charge in [0.1, 0.15) is 4.83 Å². The van der Waals surface area contributed by atoms with Crippen LogP contribution in [-0.4, -0.2) is 14.8 Å². The average molecular weight is 371 g/mol. The van der Waals surface area contributed by atoms with Gasteiger partial charge in [-0.3, -0.25) is 9.36 Å². The highest BCUT2D eigenvalue weighted by molar-refractivity contribution is 7.99. The molecule has 25 heavy (non-hydrogen) atoms. The Morgan fingerprint density at radius 3 is 2.76 bits per heavy atom. The molecule has 0 amide bonds. The van der Waals surface area contributed by atoms with Crippen LogP contribution in [0.3, 0.4) is 0 Å². The lowest BCUT2D eigenvalue weighted by Crippen LogP contribution is -2.23. The average Bonchev–Trinajstić information content (AvgIpc) is 2.95. The lowest BCUT2D eigenvalue weighted by molar-refractivity contribution is 0.601. The third-order valence-corrected chi connectivity index (χ3v) is 6.81. The lowest BCUT2D eigenvalue weighted by Gasteiger charge is -2.19. The Morgan fingerprint density at radius 2 is 2.04 bits per heavy atom. The van der Waals surface area contributed by atoms with Crippen molar-refractivity contribution in [3.05, 3.63) is 51.1 Å². The standard InChI is InChI=1S/C20H22N2OS2/c1-12(2)24-20-21-18-17(16-13(3)8-7-11-15(16)25-18)19(23)22(20)14-9-5-4-6-10-14/h4-6,9-10,12-13H,7-8,11H2,1-3H3. The Hall–Kier alpha value is -1.59. The van der Waals surface area contributed by atoms with E-state index >= 15 is 0 Å². The molecular weight excluding hydrogens is 348 g/mol. The number of para-hydroxylation sites is 1. The zero-order chi connectivity index (χ0) is 17.6. The van der Waals surface area contributed by atoms with Gasteiger partial charge >= 0.3 is 0 Å². The molecular formula is C20H22N2OS2. The summed E-state index contributed by atoms with van der Waals surface area (Å²) in [5.74, 6) is 0.444. The van der Waals surface area contributed by atoms with Crippen molar-refractivity contribution in [2.45, 2.75) is 56.4 Å². The molecule has 1 aliphatic carbocycles. The minimum Gasteiger partial charge on any atom is -0.268 e. The zero-order valence-electron chi connectivity index (χ0n) is 14.8. The molecule has 0 fully saturated rings. The van der Waals surface area contributed by atoms with E-state index in [2.05, 4.69) is 20.8 Å². The molecule has 2 heterocycles. The molecule has 1 unspecified atom stereocenters. The van der Waals surface area contributed by atoms with E-state index in [1.54, 1.807) is 27.7 Å². The first-order chi connectivity index (χ1) is 12.1. The van der Waals surface area contributed by atoms with Crippen molar-refractivity contribution in [3.63, 3.8) is 0 Å². The molecule has 0 N–H and O–H groups in total. The van der Waals surface area contributed by atoms with Gasteiger partial charge < -0.3 is 0 Å². The van der Waals surface area contributed by atoms with Crippen LogP contribution >= 0.6 is 23.1 Å². The van der Waals surface area contributed by atoms with Crippen molar-refractivity contribution < 1.29 is 0 Å². The number of rotatable bonds is 3. The fraction of sp³-hybridized carbons (Fsp3) is 0.400. The van der Waals surface area contributed by atoms with Crippen LogP contribution in [0.15, 0.2) is 40.3 Å². The SMILES string of the molecule is CC(C)Sc1nc2sc3c(c2c(=O)n1-c1ccccc1)C(C)CCC3. The van der Waals surface area contributed by atoms with Gasteiger partial charge in [-0.2, -0.15) is 0 Å². The third kappa shape index (κ3) is 2.93. The molecule has 0 radical (unpaired) electrons. The molecule has 0 aliphatic heterocycles. The fourth-order valence-electron chi connectivity index (χ4n) is 3.61. The summed E-state index contributed by atoms with van der Waals surface area (Å²) in [6.07, 6.45) is 3.45. The Labute approximate surface area is 156 Å². The van der Waals surface area contributed by atoms with Crippen molar-refractivity contribution >= 4 is 33.3 Å². The Morgan fingerprint density at radius 1 is 1.28 bits per heavy atom. The van der Waals surface area contributed by atoms with Crippen LogP contribution in [0.4, 0.5) is 0 Å². The van der Waals surface area contributed by atoms with Gasteiger partial charge in [-0.1, -0.05) is 50.7 Å². The van der Waals surface area contributed by atoms with E-state index in [-0.39, 0.29) is 5.56 Å². The molecule has 4 rings (SSSR count). The molecule has 3 nitrogen and oxygen atoms in total. The van der Waals surface area contributed by atoms with Crippen molar-refractivity contribution in [2.24, 2.45) is 0 Å². The second kappa shape index (κ2) is 6.61. The molecule has 5 heteroatoms. The fourth-order valence-corrected chi connectivity index (χ4v) is 5.85. The first-order valence-corrected chi connectivity index (χ1v) is 10.6. The first-order valence-electron chi connectivity index (χ1n) is 8.86. The van der Waals surface area contributed by atoms with Gasteiger partial charge in [0.25, 0.3) is 5.56 Å². The molecule has 1 aromatic carbocycles. The summed E-state index contributed by atoms with van der Waals surface area (Å²) in [7, 11) is 0. The summed E-state index contributed by atoms with van der Waals surface area (Å²) in [6.45, 7) is 6.52. The maximum Gasteiger partial charge on any atom is 0.267 e. The molecule has 0 spiro atoms. The summed E-state index contributed by atoms with van der Waals surface area (Å²) < 4.78 is 1.81.